The van der Waals surface area contributed by atoms with Crippen LogP contribution in [0.5, 0.6) is 0 Å². The van der Waals surface area contributed by atoms with Gasteiger partial charge in [-0.2, -0.15) is 0 Å². The predicted octanol–water partition coefficient (Wildman–Crippen LogP) is 4.95. The van der Waals surface area contributed by atoms with Gasteiger partial charge in [0.15, 0.2) is 0 Å². The average Bonchev–Trinajstić information content (AvgIpc) is 2.80. The first-order valence-electron chi connectivity index (χ1n) is 7.44. The van der Waals surface area contributed by atoms with Crippen molar-refractivity contribution in [3.8, 4) is 0 Å². The van der Waals surface area contributed by atoms with E-state index < -0.39 is 0 Å². The minimum absolute atomic E-state index is 0.0330. The molecule has 0 aromatic heterocycles. The van der Waals surface area contributed by atoms with Gasteiger partial charge in [-0.15, -0.1) is 0 Å². The lowest BCUT2D eigenvalue weighted by Crippen LogP contribution is -2.10. The number of hydrogen-bond donors (Lipinski definition) is 0. The van der Waals surface area contributed by atoms with Crippen molar-refractivity contribution in [2.45, 2.75) is 56.4 Å². The van der Waals surface area contributed by atoms with Crippen LogP contribution in [0.25, 0.3) is 0 Å². The molecule has 1 aromatic rings. The van der Waals surface area contributed by atoms with Crippen LogP contribution in [0, 0.1) is 0 Å². The topological polar surface area (TPSA) is 26.3 Å². The molecule has 0 bridgehead atoms. The Morgan fingerprint density at radius 3 is 2.60 bits per heavy atom. The maximum absolute atomic E-state index is 11.5. The third-order valence-electron chi connectivity index (χ3n) is 3.38. The molecule has 1 aliphatic heterocycles. The summed E-state index contributed by atoms with van der Waals surface area (Å²) in [7, 11) is 0. The molecule has 0 fully saturated rings. The molecule has 2 nitrogen and oxygen atoms in total. The number of unbranched alkanes of at least 4 members (excludes halogenated alkanes) is 4. The van der Waals surface area contributed by atoms with E-state index in [4.69, 9.17) is 4.74 Å². The van der Waals surface area contributed by atoms with Gasteiger partial charge in [-0.1, -0.05) is 62.6 Å². The highest BCUT2D eigenvalue weighted by atomic mass is 32.2. The highest BCUT2D eigenvalue weighted by Gasteiger charge is 2.26. The Kier molecular flexibility index (Phi) is 6.19. The van der Waals surface area contributed by atoms with Gasteiger partial charge in [0.25, 0.3) is 0 Å². The van der Waals surface area contributed by atoms with Crippen molar-refractivity contribution in [1.29, 1.82) is 0 Å². The van der Waals surface area contributed by atoms with E-state index in [0.29, 0.717) is 0 Å². The van der Waals surface area contributed by atoms with Crippen LogP contribution in [0.1, 0.15) is 45.4 Å². The minimum atomic E-state index is -0.193. The van der Waals surface area contributed by atoms with Crippen LogP contribution >= 0.6 is 11.8 Å². The lowest BCUT2D eigenvalue weighted by atomic mass is 10.1. The second-order valence-electron chi connectivity index (χ2n) is 5.09. The number of rotatable bonds is 8. The van der Waals surface area contributed by atoms with Gasteiger partial charge >= 0.3 is 5.97 Å². The molecular formula is C17H22O2S. The zero-order valence-electron chi connectivity index (χ0n) is 12.0. The molecule has 0 N–H and O–H groups in total. The first-order valence-corrected chi connectivity index (χ1v) is 8.26. The van der Waals surface area contributed by atoms with E-state index in [1.807, 2.05) is 18.2 Å². The number of esters is 1. The molecule has 1 aliphatic rings. The second kappa shape index (κ2) is 8.15. The Hall–Kier alpha value is -1.22. The Labute approximate surface area is 125 Å². The van der Waals surface area contributed by atoms with Crippen molar-refractivity contribution >= 4 is 17.7 Å². The SMILES string of the molecule is CCCCCCCC1OC(=O)C=C1Sc1ccccc1. The molecule has 0 saturated heterocycles. The van der Waals surface area contributed by atoms with Crippen LogP contribution in [-0.2, 0) is 9.53 Å². The van der Waals surface area contributed by atoms with Crippen molar-refractivity contribution < 1.29 is 9.53 Å². The van der Waals surface area contributed by atoms with Gasteiger partial charge in [-0.25, -0.2) is 4.79 Å². The fourth-order valence-corrected chi connectivity index (χ4v) is 3.31. The van der Waals surface area contributed by atoms with Crippen LogP contribution in [0.15, 0.2) is 46.2 Å². The highest BCUT2D eigenvalue weighted by molar-refractivity contribution is 8.03. The van der Waals surface area contributed by atoms with Gasteiger partial charge in [0, 0.05) is 15.9 Å². The summed E-state index contributed by atoms with van der Waals surface area (Å²) in [6.07, 6.45) is 8.75. The largest absolute Gasteiger partial charge is 0.454 e. The first kappa shape index (κ1) is 15.2. The van der Waals surface area contributed by atoms with Crippen molar-refractivity contribution in [3.05, 3.63) is 41.3 Å². The van der Waals surface area contributed by atoms with E-state index in [-0.39, 0.29) is 12.1 Å². The van der Waals surface area contributed by atoms with E-state index in [2.05, 4.69) is 19.1 Å². The van der Waals surface area contributed by atoms with Gasteiger partial charge in [0.05, 0.1) is 0 Å². The summed E-state index contributed by atoms with van der Waals surface area (Å²) in [5, 5.41) is 0. The Bertz CT molecular complexity index is 453. The molecule has 108 valence electrons. The fourth-order valence-electron chi connectivity index (χ4n) is 2.30. The number of carbonyl (C=O) groups excluding carboxylic acids is 1. The molecule has 3 heteroatoms. The molecule has 1 heterocycles. The van der Waals surface area contributed by atoms with Gasteiger partial charge < -0.3 is 4.74 Å². The fraction of sp³-hybridized carbons (Fsp3) is 0.471. The standard InChI is InChI=1S/C17H22O2S/c1-2-3-4-5-9-12-15-16(13-17(18)19-15)20-14-10-7-6-8-11-14/h6-8,10-11,13,15H,2-5,9,12H2,1H3. The van der Waals surface area contributed by atoms with E-state index in [9.17, 15) is 4.79 Å². The lowest BCUT2D eigenvalue weighted by molar-refractivity contribution is -0.138. The molecule has 20 heavy (non-hydrogen) atoms. The summed E-state index contributed by atoms with van der Waals surface area (Å²) in [5.74, 6) is -0.193. The van der Waals surface area contributed by atoms with Crippen molar-refractivity contribution in [1.82, 2.24) is 0 Å². The summed E-state index contributed by atoms with van der Waals surface area (Å²) in [6, 6.07) is 10.2. The minimum Gasteiger partial charge on any atom is -0.454 e. The molecule has 0 spiro atoms. The van der Waals surface area contributed by atoms with Crippen LogP contribution in [0.2, 0.25) is 0 Å². The lowest BCUT2D eigenvalue weighted by Gasteiger charge is -2.13. The van der Waals surface area contributed by atoms with E-state index in [1.54, 1.807) is 17.8 Å². The normalized spacial score (nSPS) is 17.9. The van der Waals surface area contributed by atoms with Gasteiger partial charge in [-0.3, -0.25) is 0 Å². The highest BCUT2D eigenvalue weighted by Crippen LogP contribution is 2.35. The Morgan fingerprint density at radius 1 is 1.10 bits per heavy atom. The summed E-state index contributed by atoms with van der Waals surface area (Å²) >= 11 is 1.65. The number of carbonyl (C=O) groups is 1. The van der Waals surface area contributed by atoms with Gasteiger partial charge in [0.1, 0.15) is 6.10 Å². The number of hydrogen-bond acceptors (Lipinski definition) is 3. The molecule has 1 aromatic carbocycles. The summed E-state index contributed by atoms with van der Waals surface area (Å²) in [6.45, 7) is 2.22. The zero-order valence-corrected chi connectivity index (χ0v) is 12.8. The van der Waals surface area contributed by atoms with Crippen molar-refractivity contribution in [2.24, 2.45) is 0 Å². The predicted molar refractivity (Wildman–Crippen MR) is 83.6 cm³/mol. The number of thioether (sulfide) groups is 1. The third kappa shape index (κ3) is 4.71. The van der Waals surface area contributed by atoms with Crippen LogP contribution in [-0.4, -0.2) is 12.1 Å². The smallest absolute Gasteiger partial charge is 0.332 e. The molecule has 0 radical (unpaired) electrons. The molecule has 1 unspecified atom stereocenters. The zero-order chi connectivity index (χ0) is 14.2. The molecule has 0 saturated carbocycles. The summed E-state index contributed by atoms with van der Waals surface area (Å²) < 4.78 is 5.40. The first-order chi connectivity index (χ1) is 9.79. The summed E-state index contributed by atoms with van der Waals surface area (Å²) in [4.78, 5) is 13.7. The maximum Gasteiger partial charge on any atom is 0.332 e. The third-order valence-corrected chi connectivity index (χ3v) is 4.51. The monoisotopic (exact) mass is 290 g/mol. The number of benzene rings is 1. The molecular weight excluding hydrogens is 268 g/mol. The van der Waals surface area contributed by atoms with Crippen LogP contribution in [0.3, 0.4) is 0 Å². The van der Waals surface area contributed by atoms with E-state index in [0.717, 1.165) is 22.6 Å². The van der Waals surface area contributed by atoms with E-state index in [1.165, 1.54) is 25.7 Å². The van der Waals surface area contributed by atoms with E-state index >= 15 is 0 Å². The second-order valence-corrected chi connectivity index (χ2v) is 6.24. The number of cyclic esters (lactones) is 1. The Balaban J connectivity index is 1.83. The average molecular weight is 290 g/mol. The van der Waals surface area contributed by atoms with Gasteiger partial charge in [0.2, 0.25) is 0 Å². The molecule has 2 rings (SSSR count). The molecule has 0 aliphatic carbocycles. The summed E-state index contributed by atoms with van der Waals surface area (Å²) in [5.41, 5.74) is 0. The van der Waals surface area contributed by atoms with Crippen molar-refractivity contribution in [2.75, 3.05) is 0 Å². The van der Waals surface area contributed by atoms with Crippen LogP contribution in [0.4, 0.5) is 0 Å². The maximum atomic E-state index is 11.5. The van der Waals surface area contributed by atoms with Gasteiger partial charge in [-0.05, 0) is 25.0 Å². The van der Waals surface area contributed by atoms with Crippen LogP contribution < -0.4 is 0 Å². The molecule has 1 atom stereocenters. The quantitative estimate of drug-likeness (QED) is 0.500. The Morgan fingerprint density at radius 2 is 1.85 bits per heavy atom. The van der Waals surface area contributed by atoms with Crippen molar-refractivity contribution in [3.63, 3.8) is 0 Å². The molecule has 0 amide bonds. The number of ether oxygens (including phenoxy) is 1.